The van der Waals surface area contributed by atoms with E-state index >= 15 is 0 Å². The molecule has 0 saturated carbocycles. The van der Waals surface area contributed by atoms with Crippen molar-refractivity contribution in [3.8, 4) is 0 Å². The predicted molar refractivity (Wildman–Crippen MR) is 66.7 cm³/mol. The summed E-state index contributed by atoms with van der Waals surface area (Å²) in [5, 5.41) is 14.9. The van der Waals surface area contributed by atoms with E-state index in [0.29, 0.717) is 16.6 Å². The van der Waals surface area contributed by atoms with Crippen LogP contribution in [0.4, 0.5) is 4.39 Å². The quantitative estimate of drug-likeness (QED) is 0.892. The van der Waals surface area contributed by atoms with Gasteiger partial charge in [0, 0.05) is 13.6 Å². The Kier molecular flexibility index (Phi) is 4.27. The molecular formula is C11H14FN5S. The van der Waals surface area contributed by atoms with Crippen LogP contribution in [0.1, 0.15) is 12.5 Å². The van der Waals surface area contributed by atoms with Crippen molar-refractivity contribution in [3.63, 3.8) is 0 Å². The average Bonchev–Trinajstić information content (AvgIpc) is 2.76. The Hall–Kier alpha value is -1.47. The highest BCUT2D eigenvalue weighted by Gasteiger charge is 2.13. The van der Waals surface area contributed by atoms with E-state index < -0.39 is 0 Å². The van der Waals surface area contributed by atoms with Crippen molar-refractivity contribution in [2.45, 2.75) is 23.5 Å². The monoisotopic (exact) mass is 267 g/mol. The number of aryl methyl sites for hydroxylation is 1. The fraction of sp³-hybridized carbons (Fsp3) is 0.364. The molecule has 96 valence electrons. The van der Waals surface area contributed by atoms with Crippen molar-refractivity contribution in [3.05, 3.63) is 29.6 Å². The minimum atomic E-state index is -0.251. The molecule has 0 radical (unpaired) electrons. The van der Waals surface area contributed by atoms with Crippen LogP contribution in [0.15, 0.2) is 28.3 Å². The van der Waals surface area contributed by atoms with Gasteiger partial charge in [-0.2, -0.15) is 0 Å². The molecule has 0 aliphatic carbocycles. The number of benzene rings is 1. The van der Waals surface area contributed by atoms with E-state index in [2.05, 4.69) is 20.8 Å². The van der Waals surface area contributed by atoms with Crippen LogP contribution in [-0.2, 0) is 13.6 Å². The van der Waals surface area contributed by atoms with Gasteiger partial charge in [-0.05, 0) is 40.4 Å². The van der Waals surface area contributed by atoms with Gasteiger partial charge in [-0.1, -0.05) is 19.1 Å². The molecule has 2 aromatic rings. The van der Waals surface area contributed by atoms with Gasteiger partial charge in [0.25, 0.3) is 0 Å². The Morgan fingerprint density at radius 2 is 2.28 bits per heavy atom. The Balaban J connectivity index is 2.28. The molecular weight excluding hydrogens is 253 g/mol. The lowest BCUT2D eigenvalue weighted by Crippen LogP contribution is -2.12. The van der Waals surface area contributed by atoms with Crippen LogP contribution >= 0.6 is 11.8 Å². The van der Waals surface area contributed by atoms with Crippen LogP contribution in [-0.4, -0.2) is 26.8 Å². The normalized spacial score (nSPS) is 10.8. The fourth-order valence-electron chi connectivity index (χ4n) is 1.47. The Morgan fingerprint density at radius 1 is 1.44 bits per heavy atom. The molecule has 1 aromatic carbocycles. The van der Waals surface area contributed by atoms with Gasteiger partial charge >= 0.3 is 0 Å². The van der Waals surface area contributed by atoms with Gasteiger partial charge in [0.05, 0.1) is 4.90 Å². The van der Waals surface area contributed by atoms with E-state index in [1.807, 2.05) is 13.0 Å². The maximum Gasteiger partial charge on any atom is 0.213 e. The number of tetrazole rings is 1. The predicted octanol–water partition coefficient (Wildman–Crippen LogP) is 1.61. The third kappa shape index (κ3) is 2.85. The molecule has 0 aliphatic rings. The van der Waals surface area contributed by atoms with Crippen molar-refractivity contribution >= 4 is 11.8 Å². The minimum Gasteiger partial charge on any atom is -0.313 e. The summed E-state index contributed by atoms with van der Waals surface area (Å²) in [6.45, 7) is 3.48. The SMILES string of the molecule is CCNCc1cccc(F)c1Sc1nnnn1C. The van der Waals surface area contributed by atoms with E-state index in [-0.39, 0.29) is 5.82 Å². The molecule has 1 aromatic heterocycles. The van der Waals surface area contributed by atoms with Gasteiger partial charge < -0.3 is 5.32 Å². The number of hydrogen-bond donors (Lipinski definition) is 1. The largest absolute Gasteiger partial charge is 0.313 e. The molecule has 0 saturated heterocycles. The zero-order valence-corrected chi connectivity index (χ0v) is 11.0. The molecule has 0 aliphatic heterocycles. The van der Waals surface area contributed by atoms with Crippen molar-refractivity contribution in [2.75, 3.05) is 6.54 Å². The first kappa shape index (κ1) is 13.0. The number of halogens is 1. The summed E-state index contributed by atoms with van der Waals surface area (Å²) >= 11 is 1.24. The van der Waals surface area contributed by atoms with Gasteiger partial charge in [0.2, 0.25) is 5.16 Å². The van der Waals surface area contributed by atoms with E-state index in [1.54, 1.807) is 13.1 Å². The molecule has 0 spiro atoms. The minimum absolute atomic E-state index is 0.251. The lowest BCUT2D eigenvalue weighted by Gasteiger charge is -2.09. The molecule has 0 atom stereocenters. The fourth-order valence-corrected chi connectivity index (χ4v) is 2.33. The van der Waals surface area contributed by atoms with E-state index in [0.717, 1.165) is 12.1 Å². The maximum absolute atomic E-state index is 13.9. The van der Waals surface area contributed by atoms with Crippen LogP contribution in [0.5, 0.6) is 0 Å². The van der Waals surface area contributed by atoms with Gasteiger partial charge in [-0.15, -0.1) is 5.10 Å². The van der Waals surface area contributed by atoms with Gasteiger partial charge in [0.1, 0.15) is 5.82 Å². The third-order valence-electron chi connectivity index (χ3n) is 2.39. The topological polar surface area (TPSA) is 55.6 Å². The first-order valence-electron chi connectivity index (χ1n) is 5.60. The summed E-state index contributed by atoms with van der Waals surface area (Å²) in [4.78, 5) is 0.566. The molecule has 0 bridgehead atoms. The van der Waals surface area contributed by atoms with Gasteiger partial charge in [0.15, 0.2) is 0 Å². The zero-order valence-electron chi connectivity index (χ0n) is 10.2. The van der Waals surface area contributed by atoms with Gasteiger partial charge in [-0.25, -0.2) is 9.07 Å². The van der Waals surface area contributed by atoms with Crippen LogP contribution in [0.2, 0.25) is 0 Å². The van der Waals surface area contributed by atoms with Gasteiger partial charge in [-0.3, -0.25) is 0 Å². The molecule has 18 heavy (non-hydrogen) atoms. The highest BCUT2D eigenvalue weighted by Crippen LogP contribution is 2.30. The number of aromatic nitrogens is 4. The van der Waals surface area contributed by atoms with Crippen molar-refractivity contribution in [1.82, 2.24) is 25.5 Å². The second-order valence-electron chi connectivity index (χ2n) is 3.70. The number of hydrogen-bond acceptors (Lipinski definition) is 5. The third-order valence-corrected chi connectivity index (χ3v) is 3.58. The lowest BCUT2D eigenvalue weighted by molar-refractivity contribution is 0.590. The molecule has 0 fully saturated rings. The summed E-state index contributed by atoms with van der Waals surface area (Å²) < 4.78 is 15.4. The zero-order chi connectivity index (χ0) is 13.0. The Morgan fingerprint density at radius 3 is 2.94 bits per heavy atom. The van der Waals surface area contributed by atoms with Crippen molar-refractivity contribution in [2.24, 2.45) is 7.05 Å². The number of nitrogens with zero attached hydrogens (tertiary/aromatic N) is 4. The smallest absolute Gasteiger partial charge is 0.213 e. The highest BCUT2D eigenvalue weighted by molar-refractivity contribution is 7.99. The molecule has 5 nitrogen and oxygen atoms in total. The summed E-state index contributed by atoms with van der Waals surface area (Å²) in [5.74, 6) is -0.251. The Labute approximate surface area is 109 Å². The molecule has 0 amide bonds. The summed E-state index contributed by atoms with van der Waals surface area (Å²) in [5.41, 5.74) is 0.907. The molecule has 2 rings (SSSR count). The van der Waals surface area contributed by atoms with Crippen molar-refractivity contribution in [1.29, 1.82) is 0 Å². The van der Waals surface area contributed by atoms with Crippen LogP contribution in [0.3, 0.4) is 0 Å². The summed E-state index contributed by atoms with van der Waals surface area (Å²) in [7, 11) is 1.73. The molecule has 0 unspecified atom stereocenters. The standard InChI is InChI=1S/C11H14FN5S/c1-3-13-7-8-5-4-6-9(12)10(8)18-11-14-15-16-17(11)2/h4-6,13H,3,7H2,1-2H3. The van der Waals surface area contributed by atoms with E-state index in [4.69, 9.17) is 0 Å². The molecule has 1 N–H and O–H groups in total. The first-order chi connectivity index (χ1) is 8.72. The number of rotatable bonds is 5. The first-order valence-corrected chi connectivity index (χ1v) is 6.42. The maximum atomic E-state index is 13.9. The highest BCUT2D eigenvalue weighted by atomic mass is 32.2. The average molecular weight is 267 g/mol. The van der Waals surface area contributed by atoms with E-state index in [1.165, 1.54) is 22.5 Å². The van der Waals surface area contributed by atoms with E-state index in [9.17, 15) is 4.39 Å². The summed E-state index contributed by atoms with van der Waals surface area (Å²) in [6, 6.07) is 5.06. The lowest BCUT2D eigenvalue weighted by atomic mass is 10.2. The second kappa shape index (κ2) is 5.92. The van der Waals surface area contributed by atoms with Crippen LogP contribution in [0.25, 0.3) is 0 Å². The number of nitrogens with one attached hydrogen (secondary N) is 1. The summed E-state index contributed by atoms with van der Waals surface area (Å²) in [6.07, 6.45) is 0. The van der Waals surface area contributed by atoms with Crippen LogP contribution < -0.4 is 5.32 Å². The molecule has 1 heterocycles. The Bertz CT molecular complexity index is 528. The van der Waals surface area contributed by atoms with Crippen molar-refractivity contribution < 1.29 is 4.39 Å². The molecule has 7 heteroatoms. The second-order valence-corrected chi connectivity index (χ2v) is 4.67. The van der Waals surface area contributed by atoms with Crippen LogP contribution in [0, 0.1) is 5.82 Å².